The third-order valence-corrected chi connectivity index (χ3v) is 2.32. The van der Waals surface area contributed by atoms with Crippen LogP contribution >= 0.6 is 11.6 Å². The quantitative estimate of drug-likeness (QED) is 0.670. The molecule has 0 heterocycles. The lowest BCUT2D eigenvalue weighted by Crippen LogP contribution is -1.90. The van der Waals surface area contributed by atoms with E-state index in [0.717, 1.165) is 5.57 Å². The van der Waals surface area contributed by atoms with Crippen LogP contribution in [0.4, 0.5) is 8.78 Å². The number of alkyl halides is 1. The summed E-state index contributed by atoms with van der Waals surface area (Å²) in [5.74, 6) is -0.813. The van der Waals surface area contributed by atoms with E-state index in [1.54, 1.807) is 0 Å². The van der Waals surface area contributed by atoms with Gasteiger partial charge in [-0.1, -0.05) is 18.6 Å². The first-order valence-corrected chi connectivity index (χ1v) is 4.92. The molecule has 0 amide bonds. The van der Waals surface area contributed by atoms with Gasteiger partial charge in [-0.15, -0.1) is 11.6 Å². The summed E-state index contributed by atoms with van der Waals surface area (Å²) in [5.41, 5.74) is 0.806. The highest BCUT2D eigenvalue weighted by atomic mass is 35.5. The summed E-state index contributed by atoms with van der Waals surface area (Å²) in [7, 11) is 0. The van der Waals surface area contributed by atoms with Crippen LogP contribution in [0.15, 0.2) is 23.8 Å². The van der Waals surface area contributed by atoms with Gasteiger partial charge in [-0.2, -0.15) is 0 Å². The maximum atomic E-state index is 13.2. The molecule has 76 valence electrons. The fourth-order valence-corrected chi connectivity index (χ4v) is 1.35. The lowest BCUT2D eigenvalue weighted by Gasteiger charge is -2.02. The molecular weight excluding hydrogens is 206 g/mol. The summed E-state index contributed by atoms with van der Waals surface area (Å²) in [6, 6.07) is 3.81. The largest absolute Gasteiger partial charge is 0.206 e. The van der Waals surface area contributed by atoms with Gasteiger partial charge in [0.15, 0.2) is 0 Å². The third-order valence-electron chi connectivity index (χ3n) is 1.97. The Morgan fingerprint density at radius 3 is 2.36 bits per heavy atom. The second-order valence-electron chi connectivity index (χ2n) is 2.93. The van der Waals surface area contributed by atoms with Crippen LogP contribution in [0.2, 0.25) is 0 Å². The zero-order chi connectivity index (χ0) is 10.6. The predicted molar refractivity (Wildman–Crippen MR) is 55.3 cm³/mol. The minimum atomic E-state index is -0.555. The summed E-state index contributed by atoms with van der Waals surface area (Å²) in [6.07, 6.45) is 2.16. The van der Waals surface area contributed by atoms with Gasteiger partial charge in [-0.3, -0.25) is 0 Å². The molecule has 1 aromatic rings. The standard InChI is InChI=1S/C11H11ClF2/c1-2-8(7-12)6-9-10(13)4-3-5-11(9)14/h3-6H,2,7H2,1H3. The van der Waals surface area contributed by atoms with E-state index >= 15 is 0 Å². The average molecular weight is 217 g/mol. The van der Waals surface area contributed by atoms with Crippen molar-refractivity contribution in [2.45, 2.75) is 13.3 Å². The topological polar surface area (TPSA) is 0 Å². The van der Waals surface area contributed by atoms with Gasteiger partial charge in [0.2, 0.25) is 0 Å². The van der Waals surface area contributed by atoms with E-state index in [4.69, 9.17) is 11.6 Å². The van der Waals surface area contributed by atoms with Crippen molar-refractivity contribution < 1.29 is 8.78 Å². The molecule has 0 aliphatic carbocycles. The summed E-state index contributed by atoms with van der Waals surface area (Å²) < 4.78 is 26.3. The van der Waals surface area contributed by atoms with Crippen LogP contribution < -0.4 is 0 Å². The van der Waals surface area contributed by atoms with E-state index < -0.39 is 11.6 Å². The molecule has 0 aromatic heterocycles. The Labute approximate surface area is 87.2 Å². The van der Waals surface area contributed by atoms with Crippen molar-refractivity contribution in [3.63, 3.8) is 0 Å². The Bertz CT molecular complexity index is 319. The Morgan fingerprint density at radius 1 is 1.36 bits per heavy atom. The Kier molecular flexibility index (Phi) is 4.08. The molecule has 14 heavy (non-hydrogen) atoms. The summed E-state index contributed by atoms with van der Waals surface area (Å²) >= 11 is 5.61. The van der Waals surface area contributed by atoms with E-state index in [-0.39, 0.29) is 5.56 Å². The van der Waals surface area contributed by atoms with Gasteiger partial charge in [-0.25, -0.2) is 8.78 Å². The Morgan fingerprint density at radius 2 is 1.93 bits per heavy atom. The van der Waals surface area contributed by atoms with Crippen molar-refractivity contribution in [1.29, 1.82) is 0 Å². The van der Waals surface area contributed by atoms with Crippen molar-refractivity contribution in [2.24, 2.45) is 0 Å². The van der Waals surface area contributed by atoms with Crippen LogP contribution in [0, 0.1) is 11.6 Å². The molecule has 0 radical (unpaired) electrons. The zero-order valence-corrected chi connectivity index (χ0v) is 8.61. The van der Waals surface area contributed by atoms with Crippen molar-refractivity contribution >= 4 is 17.7 Å². The molecule has 0 bridgehead atoms. The molecule has 1 aromatic carbocycles. The van der Waals surface area contributed by atoms with Crippen LogP contribution in [-0.4, -0.2) is 5.88 Å². The molecule has 0 atom stereocenters. The number of benzene rings is 1. The number of hydrogen-bond donors (Lipinski definition) is 0. The van der Waals surface area contributed by atoms with E-state index in [2.05, 4.69) is 0 Å². The molecule has 1 rings (SSSR count). The molecule has 0 N–H and O–H groups in total. The highest BCUT2D eigenvalue weighted by molar-refractivity contribution is 6.19. The van der Waals surface area contributed by atoms with Crippen LogP contribution in [0.5, 0.6) is 0 Å². The van der Waals surface area contributed by atoms with E-state index in [0.29, 0.717) is 12.3 Å². The minimum absolute atomic E-state index is 0.00926. The molecule has 3 heteroatoms. The molecule has 0 fully saturated rings. The van der Waals surface area contributed by atoms with Crippen molar-refractivity contribution in [1.82, 2.24) is 0 Å². The monoisotopic (exact) mass is 216 g/mol. The molecule has 0 nitrogen and oxygen atoms in total. The van der Waals surface area contributed by atoms with Crippen LogP contribution in [0.25, 0.3) is 6.08 Å². The maximum Gasteiger partial charge on any atom is 0.133 e. The number of hydrogen-bond acceptors (Lipinski definition) is 0. The van der Waals surface area contributed by atoms with Gasteiger partial charge in [-0.05, 0) is 24.6 Å². The molecule has 0 unspecified atom stereocenters. The van der Waals surface area contributed by atoms with Crippen molar-refractivity contribution in [3.8, 4) is 0 Å². The molecular formula is C11H11ClF2. The van der Waals surface area contributed by atoms with Gasteiger partial charge >= 0.3 is 0 Å². The van der Waals surface area contributed by atoms with Gasteiger partial charge in [0.05, 0.1) is 0 Å². The van der Waals surface area contributed by atoms with Crippen LogP contribution in [-0.2, 0) is 0 Å². The summed E-state index contributed by atoms with van der Waals surface area (Å²) in [6.45, 7) is 1.90. The predicted octanol–water partition coefficient (Wildman–Crippen LogP) is 4.00. The smallest absolute Gasteiger partial charge is 0.133 e. The van der Waals surface area contributed by atoms with Crippen molar-refractivity contribution in [2.75, 3.05) is 5.88 Å². The van der Waals surface area contributed by atoms with Crippen LogP contribution in [0.3, 0.4) is 0 Å². The van der Waals surface area contributed by atoms with Gasteiger partial charge < -0.3 is 0 Å². The lowest BCUT2D eigenvalue weighted by molar-refractivity contribution is 0.578. The fraction of sp³-hybridized carbons (Fsp3) is 0.273. The second-order valence-corrected chi connectivity index (χ2v) is 3.19. The molecule has 0 saturated heterocycles. The number of halogens is 3. The SMILES string of the molecule is CCC(=Cc1c(F)cccc1F)CCl. The fourth-order valence-electron chi connectivity index (χ4n) is 1.09. The first-order valence-electron chi connectivity index (χ1n) is 4.38. The third kappa shape index (κ3) is 2.55. The molecule has 0 aliphatic heterocycles. The normalized spacial score (nSPS) is 11.9. The lowest BCUT2D eigenvalue weighted by atomic mass is 10.1. The Balaban J connectivity index is 3.12. The van der Waals surface area contributed by atoms with Gasteiger partial charge in [0, 0.05) is 11.4 Å². The molecule has 0 aliphatic rings. The number of allylic oxidation sites excluding steroid dienone is 1. The second kappa shape index (κ2) is 5.11. The summed E-state index contributed by atoms with van der Waals surface area (Å²) in [4.78, 5) is 0. The average Bonchev–Trinajstić information content (AvgIpc) is 2.18. The van der Waals surface area contributed by atoms with Gasteiger partial charge in [0.25, 0.3) is 0 Å². The number of rotatable bonds is 3. The van der Waals surface area contributed by atoms with Crippen LogP contribution in [0.1, 0.15) is 18.9 Å². The van der Waals surface area contributed by atoms with Gasteiger partial charge in [0.1, 0.15) is 11.6 Å². The highest BCUT2D eigenvalue weighted by Gasteiger charge is 2.05. The van der Waals surface area contributed by atoms with E-state index in [1.807, 2.05) is 6.92 Å². The molecule has 0 spiro atoms. The highest BCUT2D eigenvalue weighted by Crippen LogP contribution is 2.17. The molecule has 0 saturated carbocycles. The van der Waals surface area contributed by atoms with E-state index in [1.165, 1.54) is 24.3 Å². The first-order chi connectivity index (χ1) is 6.69. The minimum Gasteiger partial charge on any atom is -0.206 e. The Hall–Kier alpha value is -0.890. The van der Waals surface area contributed by atoms with Crippen molar-refractivity contribution in [3.05, 3.63) is 41.0 Å². The van der Waals surface area contributed by atoms with E-state index in [9.17, 15) is 8.78 Å². The zero-order valence-electron chi connectivity index (χ0n) is 7.86. The maximum absolute atomic E-state index is 13.2. The summed E-state index contributed by atoms with van der Waals surface area (Å²) in [5, 5.41) is 0. The first kappa shape index (κ1) is 11.2.